The molecule has 21 heavy (non-hydrogen) atoms. The first-order chi connectivity index (χ1) is 10.2. The third-order valence-electron chi connectivity index (χ3n) is 4.77. The van der Waals surface area contributed by atoms with Crippen LogP contribution < -0.4 is 0 Å². The van der Waals surface area contributed by atoms with E-state index in [9.17, 15) is 5.11 Å². The highest BCUT2D eigenvalue weighted by Gasteiger charge is 2.13. The van der Waals surface area contributed by atoms with Gasteiger partial charge in [0.25, 0.3) is 0 Å². The van der Waals surface area contributed by atoms with Gasteiger partial charge in [-0.25, -0.2) is 0 Å². The van der Waals surface area contributed by atoms with Crippen LogP contribution in [0.5, 0.6) is 0 Å². The lowest BCUT2D eigenvalue weighted by Gasteiger charge is -2.18. The molecule has 2 atom stereocenters. The Morgan fingerprint density at radius 1 is 0.571 bits per heavy atom. The van der Waals surface area contributed by atoms with Crippen LogP contribution in [0.1, 0.15) is 117 Å². The topological polar surface area (TPSA) is 20.2 Å². The van der Waals surface area contributed by atoms with Crippen LogP contribution in [0.4, 0.5) is 0 Å². The highest BCUT2D eigenvalue weighted by molar-refractivity contribution is 4.65. The Morgan fingerprint density at radius 2 is 0.952 bits per heavy atom. The molecule has 0 aliphatic rings. The second kappa shape index (κ2) is 16.3. The molecule has 2 unspecified atom stereocenters. The molecular weight excluding hydrogens is 256 g/mol. The molecule has 0 saturated heterocycles. The Balaban J connectivity index is 3.34. The van der Waals surface area contributed by atoms with Gasteiger partial charge < -0.3 is 5.11 Å². The van der Waals surface area contributed by atoms with Crippen molar-refractivity contribution < 1.29 is 5.11 Å². The van der Waals surface area contributed by atoms with Crippen LogP contribution in [0.2, 0.25) is 0 Å². The molecule has 0 bridgehead atoms. The van der Waals surface area contributed by atoms with Gasteiger partial charge in [-0.1, -0.05) is 104 Å². The molecule has 0 fully saturated rings. The van der Waals surface area contributed by atoms with E-state index < -0.39 is 0 Å². The third kappa shape index (κ3) is 14.7. The number of aliphatic hydroxyl groups is 1. The molecule has 128 valence electrons. The fourth-order valence-corrected chi connectivity index (χ4v) is 3.03. The molecule has 0 aliphatic carbocycles. The molecule has 0 saturated carbocycles. The van der Waals surface area contributed by atoms with Crippen LogP contribution in [-0.4, -0.2) is 11.2 Å². The summed E-state index contributed by atoms with van der Waals surface area (Å²) in [5.74, 6) is 0.497. The number of rotatable bonds is 16. The van der Waals surface area contributed by atoms with Gasteiger partial charge in [-0.15, -0.1) is 0 Å². The molecule has 0 aromatic heterocycles. The van der Waals surface area contributed by atoms with E-state index in [1.54, 1.807) is 0 Å². The van der Waals surface area contributed by atoms with Crippen molar-refractivity contribution in [1.82, 2.24) is 0 Å². The lowest BCUT2D eigenvalue weighted by atomic mass is 9.93. The molecule has 0 rings (SSSR count). The Hall–Kier alpha value is -0.0400. The smallest absolute Gasteiger partial charge is 0.0565 e. The van der Waals surface area contributed by atoms with Crippen LogP contribution >= 0.6 is 0 Å². The first kappa shape index (κ1) is 21.0. The van der Waals surface area contributed by atoms with Crippen LogP contribution in [0.15, 0.2) is 0 Å². The van der Waals surface area contributed by atoms with Crippen molar-refractivity contribution in [1.29, 1.82) is 0 Å². The van der Waals surface area contributed by atoms with Gasteiger partial charge in [-0.3, -0.25) is 0 Å². The van der Waals surface area contributed by atoms with E-state index in [1.807, 2.05) is 0 Å². The van der Waals surface area contributed by atoms with Crippen molar-refractivity contribution in [3.8, 4) is 0 Å². The Kier molecular flexibility index (Phi) is 16.3. The predicted molar refractivity (Wildman–Crippen MR) is 95.8 cm³/mol. The molecule has 1 nitrogen and oxygen atoms in total. The van der Waals surface area contributed by atoms with Gasteiger partial charge in [0, 0.05) is 0 Å². The zero-order valence-corrected chi connectivity index (χ0v) is 15.2. The van der Waals surface area contributed by atoms with E-state index in [2.05, 4.69) is 20.8 Å². The maximum absolute atomic E-state index is 10.2. The van der Waals surface area contributed by atoms with Gasteiger partial charge in [0.05, 0.1) is 6.10 Å². The minimum absolute atomic E-state index is 0.0590. The molecule has 0 spiro atoms. The van der Waals surface area contributed by atoms with Crippen molar-refractivity contribution in [2.45, 2.75) is 123 Å². The number of aliphatic hydroxyl groups excluding tert-OH is 1. The standard InChI is InChI=1S/C20H42O/c1-4-6-8-10-12-14-16-18-20(21)19(3)17-15-13-11-9-7-5-2/h19-21H,4-18H2,1-3H3. The highest BCUT2D eigenvalue weighted by Crippen LogP contribution is 2.19. The summed E-state index contributed by atoms with van der Waals surface area (Å²) in [7, 11) is 0. The van der Waals surface area contributed by atoms with E-state index >= 15 is 0 Å². The van der Waals surface area contributed by atoms with Gasteiger partial charge in [0.15, 0.2) is 0 Å². The predicted octanol–water partition coefficient (Wildman–Crippen LogP) is 6.87. The van der Waals surface area contributed by atoms with Gasteiger partial charge in [0.1, 0.15) is 0 Å². The third-order valence-corrected chi connectivity index (χ3v) is 4.77. The van der Waals surface area contributed by atoms with Crippen molar-refractivity contribution in [2.75, 3.05) is 0 Å². The lowest BCUT2D eigenvalue weighted by molar-refractivity contribution is 0.0985. The molecular formula is C20H42O. The zero-order valence-electron chi connectivity index (χ0n) is 15.2. The fourth-order valence-electron chi connectivity index (χ4n) is 3.03. The first-order valence-electron chi connectivity index (χ1n) is 9.90. The monoisotopic (exact) mass is 298 g/mol. The number of hydrogen-bond donors (Lipinski definition) is 1. The van der Waals surface area contributed by atoms with Crippen molar-refractivity contribution in [3.05, 3.63) is 0 Å². The first-order valence-corrected chi connectivity index (χ1v) is 9.90. The Labute approximate surface area is 134 Å². The van der Waals surface area contributed by atoms with Crippen LogP contribution in [0.25, 0.3) is 0 Å². The summed E-state index contributed by atoms with van der Waals surface area (Å²) in [6.45, 7) is 6.77. The normalized spacial score (nSPS) is 14.3. The summed E-state index contributed by atoms with van der Waals surface area (Å²) in [6.07, 6.45) is 19.7. The van der Waals surface area contributed by atoms with Crippen LogP contribution in [0, 0.1) is 5.92 Å². The molecule has 0 heterocycles. The summed E-state index contributed by atoms with van der Waals surface area (Å²) < 4.78 is 0. The zero-order chi connectivity index (χ0) is 15.8. The van der Waals surface area contributed by atoms with E-state index in [0.29, 0.717) is 5.92 Å². The Morgan fingerprint density at radius 3 is 1.43 bits per heavy atom. The van der Waals surface area contributed by atoms with E-state index in [-0.39, 0.29) is 6.10 Å². The van der Waals surface area contributed by atoms with E-state index in [1.165, 1.54) is 89.9 Å². The summed E-state index contributed by atoms with van der Waals surface area (Å²) >= 11 is 0. The maximum atomic E-state index is 10.2. The Bertz CT molecular complexity index is 190. The molecule has 1 N–H and O–H groups in total. The lowest BCUT2D eigenvalue weighted by Crippen LogP contribution is -2.17. The summed E-state index contributed by atoms with van der Waals surface area (Å²) in [5.41, 5.74) is 0. The van der Waals surface area contributed by atoms with Crippen LogP contribution in [-0.2, 0) is 0 Å². The average molecular weight is 299 g/mol. The van der Waals surface area contributed by atoms with Crippen molar-refractivity contribution in [2.24, 2.45) is 5.92 Å². The summed E-state index contributed by atoms with van der Waals surface area (Å²) in [6, 6.07) is 0. The molecule has 1 heteroatoms. The SMILES string of the molecule is CCCCCCCCCC(O)C(C)CCCCCCCC. The minimum atomic E-state index is -0.0590. The van der Waals surface area contributed by atoms with Gasteiger partial charge in [-0.2, -0.15) is 0 Å². The fraction of sp³-hybridized carbons (Fsp3) is 1.00. The molecule has 0 aliphatic heterocycles. The molecule has 0 aromatic rings. The summed E-state index contributed by atoms with van der Waals surface area (Å²) in [5, 5.41) is 10.2. The minimum Gasteiger partial charge on any atom is -0.393 e. The second-order valence-corrected chi connectivity index (χ2v) is 7.01. The quantitative estimate of drug-likeness (QED) is 0.308. The van der Waals surface area contributed by atoms with Crippen molar-refractivity contribution >= 4 is 0 Å². The number of unbranched alkanes of at least 4 members (excludes halogenated alkanes) is 11. The maximum Gasteiger partial charge on any atom is 0.0565 e. The van der Waals surface area contributed by atoms with E-state index in [4.69, 9.17) is 0 Å². The second-order valence-electron chi connectivity index (χ2n) is 7.01. The summed E-state index contributed by atoms with van der Waals surface area (Å²) in [4.78, 5) is 0. The average Bonchev–Trinajstić information content (AvgIpc) is 2.49. The van der Waals surface area contributed by atoms with E-state index in [0.717, 1.165) is 6.42 Å². The van der Waals surface area contributed by atoms with Gasteiger partial charge in [-0.05, 0) is 18.8 Å². The highest BCUT2D eigenvalue weighted by atomic mass is 16.3. The largest absolute Gasteiger partial charge is 0.393 e. The molecule has 0 aromatic carbocycles. The van der Waals surface area contributed by atoms with Crippen molar-refractivity contribution in [3.63, 3.8) is 0 Å². The van der Waals surface area contributed by atoms with Crippen LogP contribution in [0.3, 0.4) is 0 Å². The molecule has 0 amide bonds. The molecule has 0 radical (unpaired) electrons. The van der Waals surface area contributed by atoms with Gasteiger partial charge >= 0.3 is 0 Å². The van der Waals surface area contributed by atoms with Gasteiger partial charge in [0.2, 0.25) is 0 Å². The number of hydrogen-bond acceptors (Lipinski definition) is 1.